The van der Waals surface area contributed by atoms with E-state index in [-0.39, 0.29) is 37.0 Å². The van der Waals surface area contributed by atoms with Crippen molar-refractivity contribution in [3.05, 3.63) is 0 Å². The number of ketones is 1. The molecule has 1 atom stereocenters. The monoisotopic (exact) mass is 229 g/mol. The fourth-order valence-corrected chi connectivity index (χ4v) is 1.53. The van der Waals surface area contributed by atoms with E-state index in [4.69, 9.17) is 4.74 Å². The van der Waals surface area contributed by atoms with Gasteiger partial charge in [-0.25, -0.2) is 0 Å². The van der Waals surface area contributed by atoms with Crippen molar-refractivity contribution in [3.8, 4) is 0 Å². The Hall–Kier alpha value is -0.940. The Bertz CT molecular complexity index is 282. The Kier molecular flexibility index (Phi) is 4.04. The molecule has 0 aromatic heterocycles. The van der Waals surface area contributed by atoms with Crippen LogP contribution < -0.4 is 0 Å². The van der Waals surface area contributed by atoms with Crippen LogP contribution in [0.4, 0.5) is 0 Å². The number of rotatable bonds is 3. The molecule has 0 aliphatic carbocycles. The van der Waals surface area contributed by atoms with Gasteiger partial charge in [-0.15, -0.1) is 0 Å². The minimum Gasteiger partial charge on any atom is -0.468 e. The second-order valence-corrected chi connectivity index (χ2v) is 4.91. The SMILES string of the molecule is COC(=O)C1CC(=O)CN1COC(C)(C)C. The molecule has 0 amide bonds. The van der Waals surface area contributed by atoms with Crippen molar-refractivity contribution in [1.82, 2.24) is 4.90 Å². The molecule has 0 bridgehead atoms. The molecule has 1 aliphatic rings. The van der Waals surface area contributed by atoms with Crippen molar-refractivity contribution in [2.24, 2.45) is 0 Å². The van der Waals surface area contributed by atoms with Crippen molar-refractivity contribution in [3.63, 3.8) is 0 Å². The van der Waals surface area contributed by atoms with Gasteiger partial charge in [0.15, 0.2) is 0 Å². The lowest BCUT2D eigenvalue weighted by atomic mass is 10.2. The Morgan fingerprint density at radius 2 is 2.12 bits per heavy atom. The predicted octanol–water partition coefficient (Wildman–Crippen LogP) is 0.575. The molecule has 16 heavy (non-hydrogen) atoms. The molecule has 1 aliphatic heterocycles. The molecule has 0 N–H and O–H groups in total. The van der Waals surface area contributed by atoms with Gasteiger partial charge in [-0.05, 0) is 20.8 Å². The Morgan fingerprint density at radius 3 is 2.62 bits per heavy atom. The minimum atomic E-state index is -0.486. The van der Waals surface area contributed by atoms with Crippen LogP contribution in [0.2, 0.25) is 0 Å². The maximum absolute atomic E-state index is 11.4. The standard InChI is InChI=1S/C11H19NO4/c1-11(2,3)16-7-12-6-8(13)5-9(12)10(14)15-4/h9H,5-7H2,1-4H3. The summed E-state index contributed by atoms with van der Waals surface area (Å²) in [6.07, 6.45) is 0.222. The second kappa shape index (κ2) is 4.93. The first kappa shape index (κ1) is 13.1. The van der Waals surface area contributed by atoms with Crippen LogP contribution in [0.25, 0.3) is 0 Å². The highest BCUT2D eigenvalue weighted by Gasteiger charge is 2.37. The van der Waals surface area contributed by atoms with Crippen LogP contribution in [0, 0.1) is 0 Å². The van der Waals surface area contributed by atoms with Crippen LogP contribution in [-0.4, -0.2) is 48.7 Å². The quantitative estimate of drug-likeness (QED) is 0.662. The van der Waals surface area contributed by atoms with Gasteiger partial charge in [-0.2, -0.15) is 0 Å². The van der Waals surface area contributed by atoms with E-state index in [1.807, 2.05) is 20.8 Å². The minimum absolute atomic E-state index is 0.0490. The number of Topliss-reactive ketones (excluding diaryl/α,β-unsaturated/α-hetero) is 1. The van der Waals surface area contributed by atoms with Crippen LogP contribution in [0.15, 0.2) is 0 Å². The molecule has 0 radical (unpaired) electrons. The van der Waals surface area contributed by atoms with Crippen LogP contribution in [-0.2, 0) is 19.1 Å². The fraction of sp³-hybridized carbons (Fsp3) is 0.818. The summed E-state index contributed by atoms with van der Waals surface area (Å²) in [5, 5.41) is 0. The number of likely N-dealkylation sites (tertiary alicyclic amines) is 1. The fourth-order valence-electron chi connectivity index (χ4n) is 1.53. The summed E-state index contributed by atoms with van der Waals surface area (Å²) >= 11 is 0. The Labute approximate surface area is 95.7 Å². The molecule has 5 heteroatoms. The number of methoxy groups -OCH3 is 1. The summed E-state index contributed by atoms with van der Waals surface area (Å²) < 4.78 is 10.2. The predicted molar refractivity (Wildman–Crippen MR) is 57.8 cm³/mol. The van der Waals surface area contributed by atoms with Crippen LogP contribution in [0.5, 0.6) is 0 Å². The summed E-state index contributed by atoms with van der Waals surface area (Å²) in [4.78, 5) is 24.4. The Balaban J connectivity index is 2.56. The average Bonchev–Trinajstić information content (AvgIpc) is 2.54. The van der Waals surface area contributed by atoms with E-state index in [0.717, 1.165) is 0 Å². The van der Waals surface area contributed by atoms with Gasteiger partial charge in [-0.1, -0.05) is 0 Å². The number of ether oxygens (including phenoxy) is 2. The molecule has 0 aromatic rings. The number of esters is 1. The van der Waals surface area contributed by atoms with Gasteiger partial charge >= 0.3 is 5.97 Å². The zero-order chi connectivity index (χ0) is 12.3. The lowest BCUT2D eigenvalue weighted by molar-refractivity contribution is -0.150. The lowest BCUT2D eigenvalue weighted by Crippen LogP contribution is -2.40. The molecular formula is C11H19NO4. The molecule has 0 saturated carbocycles. The van der Waals surface area contributed by atoms with Gasteiger partial charge in [0.05, 0.1) is 19.3 Å². The molecule has 1 unspecified atom stereocenters. The highest BCUT2D eigenvalue weighted by atomic mass is 16.5. The first-order valence-corrected chi connectivity index (χ1v) is 5.31. The van der Waals surface area contributed by atoms with E-state index >= 15 is 0 Å². The van der Waals surface area contributed by atoms with Gasteiger partial charge < -0.3 is 9.47 Å². The highest BCUT2D eigenvalue weighted by Crippen LogP contribution is 2.17. The number of carbonyl (C=O) groups is 2. The van der Waals surface area contributed by atoms with Gasteiger partial charge in [0.1, 0.15) is 18.6 Å². The molecule has 1 fully saturated rings. The third-order valence-corrected chi connectivity index (χ3v) is 2.38. The van der Waals surface area contributed by atoms with Gasteiger partial charge in [0.2, 0.25) is 0 Å². The van der Waals surface area contributed by atoms with Crippen LogP contribution in [0.3, 0.4) is 0 Å². The number of hydrogen-bond donors (Lipinski definition) is 0. The van der Waals surface area contributed by atoms with E-state index in [0.29, 0.717) is 0 Å². The molecule has 5 nitrogen and oxygen atoms in total. The van der Waals surface area contributed by atoms with Crippen molar-refractivity contribution in [1.29, 1.82) is 0 Å². The first-order valence-electron chi connectivity index (χ1n) is 5.31. The van der Waals surface area contributed by atoms with Crippen molar-refractivity contribution < 1.29 is 19.1 Å². The lowest BCUT2D eigenvalue weighted by Gasteiger charge is -2.26. The summed E-state index contributed by atoms with van der Waals surface area (Å²) in [6, 6.07) is -0.486. The molecular weight excluding hydrogens is 210 g/mol. The zero-order valence-corrected chi connectivity index (χ0v) is 10.3. The zero-order valence-electron chi connectivity index (χ0n) is 10.3. The van der Waals surface area contributed by atoms with E-state index in [1.54, 1.807) is 4.90 Å². The van der Waals surface area contributed by atoms with Crippen LogP contribution in [0.1, 0.15) is 27.2 Å². The molecule has 1 rings (SSSR count). The topological polar surface area (TPSA) is 55.8 Å². The van der Waals surface area contributed by atoms with Gasteiger partial charge in [-0.3, -0.25) is 14.5 Å². The molecule has 0 spiro atoms. The molecule has 1 saturated heterocycles. The maximum atomic E-state index is 11.4. The number of hydrogen-bond acceptors (Lipinski definition) is 5. The van der Waals surface area contributed by atoms with Gasteiger partial charge in [0.25, 0.3) is 0 Å². The summed E-state index contributed by atoms with van der Waals surface area (Å²) in [6.45, 7) is 6.32. The number of nitrogens with zero attached hydrogens (tertiary/aromatic N) is 1. The van der Waals surface area contributed by atoms with E-state index in [1.165, 1.54) is 7.11 Å². The summed E-state index contributed by atoms with van der Waals surface area (Å²) in [5.41, 5.74) is -0.285. The maximum Gasteiger partial charge on any atom is 0.323 e. The normalized spacial score (nSPS) is 22.5. The van der Waals surface area contributed by atoms with Crippen LogP contribution >= 0.6 is 0 Å². The third-order valence-electron chi connectivity index (χ3n) is 2.38. The molecule has 0 aromatic carbocycles. The van der Waals surface area contributed by atoms with E-state index in [2.05, 4.69) is 4.74 Å². The number of carbonyl (C=O) groups excluding carboxylic acids is 2. The highest BCUT2D eigenvalue weighted by molar-refractivity contribution is 5.91. The van der Waals surface area contributed by atoms with E-state index < -0.39 is 6.04 Å². The first-order chi connectivity index (χ1) is 7.33. The smallest absolute Gasteiger partial charge is 0.323 e. The average molecular weight is 229 g/mol. The van der Waals surface area contributed by atoms with E-state index in [9.17, 15) is 9.59 Å². The van der Waals surface area contributed by atoms with Crippen molar-refractivity contribution in [2.75, 3.05) is 20.4 Å². The molecule has 1 heterocycles. The summed E-state index contributed by atoms with van der Waals surface area (Å²) in [7, 11) is 1.33. The molecule has 92 valence electrons. The van der Waals surface area contributed by atoms with Crippen molar-refractivity contribution >= 4 is 11.8 Å². The Morgan fingerprint density at radius 1 is 1.50 bits per heavy atom. The third kappa shape index (κ3) is 3.57. The second-order valence-electron chi connectivity index (χ2n) is 4.91. The largest absolute Gasteiger partial charge is 0.468 e. The van der Waals surface area contributed by atoms with Gasteiger partial charge in [0, 0.05) is 6.42 Å². The van der Waals surface area contributed by atoms with Crippen molar-refractivity contribution in [2.45, 2.75) is 38.8 Å². The summed E-state index contributed by atoms with van der Waals surface area (Å²) in [5.74, 6) is -0.323.